The van der Waals surface area contributed by atoms with E-state index in [1.807, 2.05) is 35.1 Å². The van der Waals surface area contributed by atoms with Crippen LogP contribution in [-0.4, -0.2) is 34.8 Å². The van der Waals surface area contributed by atoms with E-state index in [4.69, 9.17) is 9.47 Å². The van der Waals surface area contributed by atoms with E-state index in [0.29, 0.717) is 24.4 Å². The summed E-state index contributed by atoms with van der Waals surface area (Å²) in [6.07, 6.45) is 3.70. The van der Waals surface area contributed by atoms with Gasteiger partial charge in [-0.25, -0.2) is 14.4 Å². The predicted octanol–water partition coefficient (Wildman–Crippen LogP) is 5.91. The van der Waals surface area contributed by atoms with Gasteiger partial charge in [0.15, 0.2) is 0 Å². The second kappa shape index (κ2) is 9.99. The van der Waals surface area contributed by atoms with Gasteiger partial charge in [-0.1, -0.05) is 13.3 Å². The van der Waals surface area contributed by atoms with Crippen LogP contribution in [0.3, 0.4) is 0 Å². The quantitative estimate of drug-likeness (QED) is 0.302. The lowest BCUT2D eigenvalue weighted by Crippen LogP contribution is -2.12. The summed E-state index contributed by atoms with van der Waals surface area (Å²) in [6, 6.07) is 9.00. The fourth-order valence-corrected chi connectivity index (χ4v) is 4.45. The Labute approximate surface area is 191 Å². The van der Waals surface area contributed by atoms with Crippen molar-refractivity contribution in [3.63, 3.8) is 0 Å². The molecule has 0 bridgehead atoms. The van der Waals surface area contributed by atoms with Crippen molar-refractivity contribution >= 4 is 28.1 Å². The summed E-state index contributed by atoms with van der Waals surface area (Å²) in [5, 5.41) is 6.11. The first-order valence-corrected chi connectivity index (χ1v) is 11.6. The van der Waals surface area contributed by atoms with Gasteiger partial charge < -0.3 is 19.4 Å². The van der Waals surface area contributed by atoms with Crippen LogP contribution in [0.4, 0.5) is 10.2 Å². The van der Waals surface area contributed by atoms with Gasteiger partial charge in [0.2, 0.25) is 0 Å². The number of nitrogens with zero attached hydrogens (tertiary/aromatic N) is 3. The van der Waals surface area contributed by atoms with Gasteiger partial charge in [-0.05, 0) is 31.5 Å². The van der Waals surface area contributed by atoms with E-state index in [0.717, 1.165) is 52.7 Å². The molecule has 1 aromatic carbocycles. The van der Waals surface area contributed by atoms with Gasteiger partial charge in [-0.3, -0.25) is 0 Å². The molecule has 4 rings (SSSR count). The smallest absolute Gasteiger partial charge is 0.147 e. The van der Waals surface area contributed by atoms with Gasteiger partial charge in [0.05, 0.1) is 29.8 Å². The average molecular weight is 455 g/mol. The first kappa shape index (κ1) is 22.1. The minimum atomic E-state index is -0.257. The number of hydrogen-bond acceptors (Lipinski definition) is 6. The Balaban J connectivity index is 1.44. The molecule has 0 spiro atoms. The number of fused-ring (bicyclic) bond motifs is 1. The van der Waals surface area contributed by atoms with E-state index in [9.17, 15) is 4.39 Å². The number of halogens is 1. The summed E-state index contributed by atoms with van der Waals surface area (Å²) >= 11 is 1.60. The zero-order valence-corrected chi connectivity index (χ0v) is 19.3. The van der Waals surface area contributed by atoms with E-state index in [1.165, 1.54) is 6.07 Å². The van der Waals surface area contributed by atoms with Crippen LogP contribution in [-0.2, 0) is 6.54 Å². The minimum Gasteiger partial charge on any atom is -0.496 e. The second-order valence-corrected chi connectivity index (χ2v) is 8.42. The zero-order valence-electron chi connectivity index (χ0n) is 18.5. The Kier molecular flexibility index (Phi) is 6.90. The molecule has 32 heavy (non-hydrogen) atoms. The molecule has 0 fully saturated rings. The lowest BCUT2D eigenvalue weighted by atomic mass is 10.2. The molecule has 3 aromatic heterocycles. The van der Waals surface area contributed by atoms with Gasteiger partial charge in [0, 0.05) is 41.7 Å². The number of aromatic nitrogens is 3. The zero-order chi connectivity index (χ0) is 22.5. The lowest BCUT2D eigenvalue weighted by Gasteiger charge is -2.11. The summed E-state index contributed by atoms with van der Waals surface area (Å²) in [7, 11) is 1.60. The number of aryl methyl sites for hydroxylation is 1. The number of nitrogens with one attached hydrogen (secondary N) is 1. The third-order valence-corrected chi connectivity index (χ3v) is 6.23. The largest absolute Gasteiger partial charge is 0.496 e. The van der Waals surface area contributed by atoms with Crippen molar-refractivity contribution in [3.05, 3.63) is 53.6 Å². The normalized spacial score (nSPS) is 11.1. The van der Waals surface area contributed by atoms with Crippen molar-refractivity contribution in [1.82, 2.24) is 14.5 Å². The van der Waals surface area contributed by atoms with Gasteiger partial charge in [0.25, 0.3) is 0 Å². The maximum absolute atomic E-state index is 14.5. The standard InChI is InChI=1S/C24H27FN4O2S/c1-4-5-10-31-17-12-22(32-14-17)20-13-23(28-15-27-20)26-8-9-29-16(2)11-18-21(30-3)7-6-19(25)24(18)29/h6-7,11-15H,4-5,8-10H2,1-3H3,(H,26,27,28). The molecule has 8 heteroatoms. The molecule has 1 N–H and O–H groups in total. The Morgan fingerprint density at radius 1 is 1.19 bits per heavy atom. The van der Waals surface area contributed by atoms with E-state index in [2.05, 4.69) is 22.2 Å². The van der Waals surface area contributed by atoms with Crippen LogP contribution in [0, 0.1) is 12.7 Å². The monoisotopic (exact) mass is 454 g/mol. The van der Waals surface area contributed by atoms with E-state index in [1.54, 1.807) is 30.8 Å². The summed E-state index contributed by atoms with van der Waals surface area (Å²) in [4.78, 5) is 9.76. The van der Waals surface area contributed by atoms with Crippen molar-refractivity contribution in [1.29, 1.82) is 0 Å². The van der Waals surface area contributed by atoms with Crippen molar-refractivity contribution in [3.8, 4) is 22.1 Å². The molecular weight excluding hydrogens is 427 g/mol. The number of methoxy groups -OCH3 is 1. The van der Waals surface area contributed by atoms with Crippen LogP contribution in [0.1, 0.15) is 25.5 Å². The third kappa shape index (κ3) is 4.70. The number of rotatable bonds is 10. The topological polar surface area (TPSA) is 61.2 Å². The molecule has 0 unspecified atom stereocenters. The van der Waals surface area contributed by atoms with Crippen molar-refractivity contribution in [2.45, 2.75) is 33.2 Å². The molecule has 0 saturated carbocycles. The van der Waals surface area contributed by atoms with Crippen molar-refractivity contribution < 1.29 is 13.9 Å². The lowest BCUT2D eigenvalue weighted by molar-refractivity contribution is 0.311. The minimum absolute atomic E-state index is 0.257. The highest BCUT2D eigenvalue weighted by molar-refractivity contribution is 7.13. The predicted molar refractivity (Wildman–Crippen MR) is 127 cm³/mol. The first-order chi connectivity index (χ1) is 15.6. The number of benzene rings is 1. The Morgan fingerprint density at radius 2 is 2.06 bits per heavy atom. The molecule has 0 amide bonds. The summed E-state index contributed by atoms with van der Waals surface area (Å²) in [6.45, 7) is 6.02. The summed E-state index contributed by atoms with van der Waals surface area (Å²) < 4.78 is 27.7. The highest BCUT2D eigenvalue weighted by Crippen LogP contribution is 2.32. The van der Waals surface area contributed by atoms with Crippen LogP contribution in [0.2, 0.25) is 0 Å². The Morgan fingerprint density at radius 3 is 2.88 bits per heavy atom. The highest BCUT2D eigenvalue weighted by atomic mass is 32.1. The highest BCUT2D eigenvalue weighted by Gasteiger charge is 2.14. The summed E-state index contributed by atoms with van der Waals surface area (Å²) in [5.74, 6) is 2.02. The fourth-order valence-electron chi connectivity index (χ4n) is 3.65. The molecule has 0 atom stereocenters. The van der Waals surface area contributed by atoms with Crippen LogP contribution < -0.4 is 14.8 Å². The third-order valence-electron chi connectivity index (χ3n) is 5.30. The van der Waals surface area contributed by atoms with Crippen LogP contribution >= 0.6 is 11.3 Å². The maximum atomic E-state index is 14.5. The molecule has 0 aliphatic heterocycles. The first-order valence-electron chi connectivity index (χ1n) is 10.7. The van der Waals surface area contributed by atoms with Crippen molar-refractivity contribution in [2.24, 2.45) is 0 Å². The molecule has 168 valence electrons. The van der Waals surface area contributed by atoms with Crippen LogP contribution in [0.15, 0.2) is 42.0 Å². The van der Waals surface area contributed by atoms with Gasteiger partial charge >= 0.3 is 0 Å². The molecule has 0 saturated heterocycles. The number of anilines is 1. The number of hydrogen-bond donors (Lipinski definition) is 1. The van der Waals surface area contributed by atoms with E-state index in [-0.39, 0.29) is 5.82 Å². The molecule has 0 aliphatic rings. The van der Waals surface area contributed by atoms with E-state index >= 15 is 0 Å². The van der Waals surface area contributed by atoms with Gasteiger partial charge in [-0.2, -0.15) is 0 Å². The van der Waals surface area contributed by atoms with Crippen LogP contribution in [0.5, 0.6) is 11.5 Å². The second-order valence-electron chi connectivity index (χ2n) is 7.51. The molecule has 4 aromatic rings. The molecule has 0 radical (unpaired) electrons. The summed E-state index contributed by atoms with van der Waals surface area (Å²) in [5.41, 5.74) is 2.38. The SMILES string of the molecule is CCCCOc1csc(-c2cc(NCCn3c(C)cc4c(OC)ccc(F)c43)ncn2)c1. The van der Waals surface area contributed by atoms with Gasteiger partial charge in [-0.15, -0.1) is 11.3 Å². The Bertz CT molecular complexity index is 1200. The Hall–Kier alpha value is -3.13. The average Bonchev–Trinajstić information content (AvgIpc) is 3.40. The van der Waals surface area contributed by atoms with Crippen LogP contribution in [0.25, 0.3) is 21.5 Å². The number of ether oxygens (including phenoxy) is 2. The van der Waals surface area contributed by atoms with Gasteiger partial charge in [0.1, 0.15) is 29.5 Å². The number of unbranched alkanes of at least 4 members (excludes halogenated alkanes) is 1. The molecule has 3 heterocycles. The molecule has 6 nitrogen and oxygen atoms in total. The fraction of sp³-hybridized carbons (Fsp3) is 0.333. The molecule has 0 aliphatic carbocycles. The van der Waals surface area contributed by atoms with Crippen molar-refractivity contribution in [2.75, 3.05) is 25.6 Å². The number of thiophene rings is 1. The van der Waals surface area contributed by atoms with E-state index < -0.39 is 0 Å². The molecular formula is C24H27FN4O2S. The maximum Gasteiger partial charge on any atom is 0.147 e.